The first-order valence-electron chi connectivity index (χ1n) is 36.1. The van der Waals surface area contributed by atoms with Crippen molar-refractivity contribution in [2.45, 2.75) is 210 Å². The number of ether oxygens (including phenoxy) is 1. The summed E-state index contributed by atoms with van der Waals surface area (Å²) in [4.78, 5) is 169. The van der Waals surface area contributed by atoms with E-state index in [1.807, 2.05) is 0 Å². The molecular weight excluding hydrogens is 1360 g/mol. The molecule has 1 heterocycles. The highest BCUT2D eigenvalue weighted by molar-refractivity contribution is 6.02. The van der Waals surface area contributed by atoms with E-state index in [0.717, 1.165) is 0 Å². The van der Waals surface area contributed by atoms with Crippen molar-refractivity contribution in [1.29, 1.82) is 0 Å². The van der Waals surface area contributed by atoms with Gasteiger partial charge in [-0.1, -0.05) is 81.8 Å². The number of amides is 10. The fraction of sp³-hybridized carbons (Fsp3) is 0.616. The summed E-state index contributed by atoms with van der Waals surface area (Å²) in [6.45, 7) is 9.10. The van der Waals surface area contributed by atoms with Gasteiger partial charge in [0.05, 0.1) is 24.9 Å². The van der Waals surface area contributed by atoms with E-state index in [4.69, 9.17) is 27.7 Å². The van der Waals surface area contributed by atoms with Crippen LogP contribution >= 0.6 is 0 Å². The van der Waals surface area contributed by atoms with E-state index in [-0.39, 0.29) is 95.0 Å². The number of benzene rings is 2. The molecule has 2 aromatic carbocycles. The average molecular weight is 1470 g/mol. The molecule has 19 atom stereocenters. The van der Waals surface area contributed by atoms with Gasteiger partial charge in [-0.05, 0) is 164 Å². The number of nitrogens with one attached hydrogen (secondary N) is 10. The van der Waals surface area contributed by atoms with E-state index in [2.05, 4.69) is 53.2 Å². The van der Waals surface area contributed by atoms with Gasteiger partial charge in [-0.15, -0.1) is 0 Å². The van der Waals surface area contributed by atoms with Crippen LogP contribution in [-0.2, 0) is 70.5 Å². The summed E-state index contributed by atoms with van der Waals surface area (Å²) >= 11 is 0. The third kappa shape index (κ3) is 19.4. The van der Waals surface area contributed by atoms with E-state index >= 15 is 4.39 Å². The molecule has 7 rings (SSSR count). The molecule has 22 N–H and O–H groups in total. The summed E-state index contributed by atoms with van der Waals surface area (Å²) in [6.07, 6.45) is -1.15. The van der Waals surface area contributed by atoms with Gasteiger partial charge in [-0.2, -0.15) is 0 Å². The lowest BCUT2D eigenvalue weighted by atomic mass is 9.44. The Balaban J connectivity index is 1.06. The van der Waals surface area contributed by atoms with Gasteiger partial charge >= 0.3 is 0 Å². The molecule has 4 aliphatic carbocycles. The number of aliphatic hydroxyl groups is 4. The molecule has 0 radical (unpaired) electrons. The van der Waals surface area contributed by atoms with E-state index in [0.29, 0.717) is 36.0 Å². The largest absolute Gasteiger partial charge is 0.391 e. The third-order valence-electron chi connectivity index (χ3n) is 21.5. The highest BCUT2D eigenvalue weighted by atomic mass is 19.1. The minimum absolute atomic E-state index is 0.00707. The van der Waals surface area contributed by atoms with Crippen LogP contribution in [0.25, 0.3) is 0 Å². The SMILES string of the molecule is CC(C)C[C@@H]1NC(=O)[C@@H](Cc2ccccc2)NC(=O)[C@H](CCN)NC(=O)[C@@H](NC(=O)[C@H](CCN)NC(=O)[C@@H](NC(=O)c2ccc(COCC(=O)[C@@]3(O)[C@H](C)C[C@H]4[C@@H]5CCC6=CC(=O)C=C[C@]6(C)[C@@]5(F)[C@@H](O)C[C@@]43C)cc2)[C@@H](C)O)CCNC(=O)[C@@H]([C@@H](C)O)NC(=O)[C@H](CCN)NC(=O)[C@H](CCN)NC1=O. The van der Waals surface area contributed by atoms with Crippen molar-refractivity contribution in [3.05, 3.63) is 95.1 Å². The Morgan fingerprint density at radius 1 is 0.676 bits per heavy atom. The topological polar surface area (TPSA) is 519 Å². The van der Waals surface area contributed by atoms with Crippen LogP contribution in [0.3, 0.4) is 0 Å². The molecule has 4 fully saturated rings. The van der Waals surface area contributed by atoms with Gasteiger partial charge in [-0.3, -0.25) is 57.5 Å². The number of aliphatic hydroxyl groups excluding tert-OH is 3. The van der Waals surface area contributed by atoms with Crippen molar-refractivity contribution >= 4 is 70.6 Å². The van der Waals surface area contributed by atoms with Crippen molar-refractivity contribution < 1.29 is 87.1 Å². The number of ketones is 2. The van der Waals surface area contributed by atoms with E-state index in [1.54, 1.807) is 71.0 Å². The molecule has 5 aliphatic rings. The number of carbonyl (C=O) groups excluding carboxylic acids is 12. The lowest BCUT2D eigenvalue weighted by Gasteiger charge is -2.62. The van der Waals surface area contributed by atoms with Gasteiger partial charge in [0, 0.05) is 35.3 Å². The maximum Gasteiger partial charge on any atom is 0.252 e. The summed E-state index contributed by atoms with van der Waals surface area (Å²) in [6, 6.07) is 0.414. The molecule has 1 aliphatic heterocycles. The molecule has 0 aromatic heterocycles. The zero-order valence-corrected chi connectivity index (χ0v) is 60.7. The number of nitrogens with two attached hydrogens (primary N) is 4. The Hall–Kier alpha value is -8.47. The Morgan fingerprint density at radius 2 is 1.24 bits per heavy atom. The zero-order valence-electron chi connectivity index (χ0n) is 60.7. The molecular formula is C73H107FN14O17. The van der Waals surface area contributed by atoms with Crippen LogP contribution in [-0.4, -0.2) is 214 Å². The zero-order chi connectivity index (χ0) is 77.5. The number of halogens is 1. The predicted octanol–water partition coefficient (Wildman–Crippen LogP) is -2.94. The van der Waals surface area contributed by atoms with Crippen LogP contribution in [0.4, 0.5) is 4.39 Å². The van der Waals surface area contributed by atoms with E-state index in [9.17, 15) is 78.0 Å². The van der Waals surface area contributed by atoms with Crippen LogP contribution in [0, 0.1) is 34.5 Å². The van der Waals surface area contributed by atoms with Crippen molar-refractivity contribution in [1.82, 2.24) is 53.2 Å². The molecule has 105 heavy (non-hydrogen) atoms. The molecule has 578 valence electrons. The maximum absolute atomic E-state index is 17.8. The Bertz CT molecular complexity index is 3550. The number of carbonyl (C=O) groups is 12. The number of rotatable bonds is 25. The summed E-state index contributed by atoms with van der Waals surface area (Å²) < 4.78 is 23.6. The van der Waals surface area contributed by atoms with Crippen molar-refractivity contribution in [2.24, 2.45) is 57.4 Å². The number of Topliss-reactive ketones (excluding diaryl/α,β-unsaturated/α-hetero) is 1. The highest BCUT2D eigenvalue weighted by Gasteiger charge is 2.75. The van der Waals surface area contributed by atoms with Crippen molar-refractivity contribution in [3.63, 3.8) is 0 Å². The van der Waals surface area contributed by atoms with Crippen LogP contribution in [0.5, 0.6) is 0 Å². The van der Waals surface area contributed by atoms with Crippen LogP contribution in [0.1, 0.15) is 134 Å². The first kappa shape index (κ1) is 83.8. The quantitative estimate of drug-likeness (QED) is 0.0473. The Kier molecular flexibility index (Phi) is 29.3. The summed E-state index contributed by atoms with van der Waals surface area (Å²) in [5.41, 5.74) is 18.7. The first-order chi connectivity index (χ1) is 49.6. The van der Waals surface area contributed by atoms with E-state index in [1.165, 1.54) is 50.3 Å². The molecule has 0 spiro atoms. The fourth-order valence-corrected chi connectivity index (χ4v) is 15.7. The van der Waals surface area contributed by atoms with Gasteiger partial charge in [0.1, 0.15) is 66.6 Å². The van der Waals surface area contributed by atoms with Gasteiger partial charge in [0.2, 0.25) is 53.2 Å². The number of hydrogen-bond donors (Lipinski definition) is 18. The fourth-order valence-electron chi connectivity index (χ4n) is 15.7. The number of hydrogen-bond acceptors (Lipinski definition) is 21. The minimum Gasteiger partial charge on any atom is -0.391 e. The molecule has 31 nitrogen and oxygen atoms in total. The predicted molar refractivity (Wildman–Crippen MR) is 381 cm³/mol. The van der Waals surface area contributed by atoms with Crippen molar-refractivity contribution in [2.75, 3.05) is 39.3 Å². The second-order valence-electron chi connectivity index (χ2n) is 29.3. The van der Waals surface area contributed by atoms with Crippen LogP contribution < -0.4 is 76.1 Å². The lowest BCUT2D eigenvalue weighted by Crippen LogP contribution is -2.69. The molecule has 10 amide bonds. The standard InChI is InChI=1S/C73H107FN14O17/c1-38(2)31-54-66(100)82-49(20-26-75)61(95)81-52(23-29-78)65(99)88-58(40(4)89)68(102)79-30-24-53(64(98)80-50(21-27-76)63(97)86-55(67(101)85-54)33-42-11-9-8-10-12-42)83-62(96)51(22-28-77)84-69(103)59(41(5)90)87-60(94)44-15-13-43(14-16-44)36-105-37-57(93)73(104)39(3)32-48-47-18-17-45-34-46(91)19-25-70(45,6)72(47,74)56(92)35-71(48,73)7/h8-16,19,25,34,38-41,47-56,58-59,89-90,92,104H,17-18,20-24,26-33,35-37,75-78H2,1-7H3,(H,79,102)(H,80,98)(H,81,95)(H,82,100)(H,83,96)(H,84,103)(H,85,101)(H,86,97)(H,87,94)(H,88,99)/t39-,40-,41-,47+,48+,49+,50+,51+,52+,53+,54+,55-,56+,58-,59+,70+,71+,72+,73+/m1/s1. The highest BCUT2D eigenvalue weighted by Crippen LogP contribution is 2.70. The molecule has 32 heteroatoms. The maximum atomic E-state index is 17.8. The minimum atomic E-state index is -2.16. The number of fused-ring (bicyclic) bond motifs is 5. The molecule has 2 aromatic rings. The number of alkyl halides is 1. The van der Waals surface area contributed by atoms with Crippen molar-refractivity contribution in [3.8, 4) is 0 Å². The second-order valence-corrected chi connectivity index (χ2v) is 29.3. The molecule has 0 bridgehead atoms. The molecule has 0 unspecified atom stereocenters. The smallest absolute Gasteiger partial charge is 0.252 e. The van der Waals surface area contributed by atoms with Crippen LogP contribution in [0.2, 0.25) is 0 Å². The lowest BCUT2D eigenvalue weighted by molar-refractivity contribution is -0.220. The second kappa shape index (κ2) is 36.7. The third-order valence-corrected chi connectivity index (χ3v) is 21.5. The normalized spacial score (nSPS) is 31.2. The number of allylic oxidation sites excluding steroid dienone is 4. The Labute approximate surface area is 610 Å². The molecule has 1 saturated heterocycles. The van der Waals surface area contributed by atoms with Gasteiger partial charge < -0.3 is 101 Å². The van der Waals surface area contributed by atoms with Gasteiger partial charge in [0.25, 0.3) is 5.91 Å². The molecule has 3 saturated carbocycles. The average Bonchev–Trinajstić information content (AvgIpc) is 1.62. The monoisotopic (exact) mass is 1470 g/mol. The summed E-state index contributed by atoms with van der Waals surface area (Å²) in [5.74, 6) is -12.5. The summed E-state index contributed by atoms with van der Waals surface area (Å²) in [7, 11) is 0. The van der Waals surface area contributed by atoms with Crippen LogP contribution in [0.15, 0.2) is 78.4 Å². The van der Waals surface area contributed by atoms with Gasteiger partial charge in [-0.25, -0.2) is 4.39 Å². The first-order valence-corrected chi connectivity index (χ1v) is 36.1. The summed E-state index contributed by atoms with van der Waals surface area (Å²) in [5, 5.41) is 71.6. The van der Waals surface area contributed by atoms with Gasteiger partial charge in [0.15, 0.2) is 17.2 Å². The van der Waals surface area contributed by atoms with E-state index < -0.39 is 197 Å². The Morgan fingerprint density at radius 3 is 1.81 bits per heavy atom.